The largest absolute Gasteiger partial charge is 0.319 e. The third-order valence-electron chi connectivity index (χ3n) is 13.7. The van der Waals surface area contributed by atoms with Crippen molar-refractivity contribution in [2.24, 2.45) is 0 Å². The van der Waals surface area contributed by atoms with Crippen LogP contribution in [0.3, 0.4) is 0 Å². The molecule has 0 amide bonds. The van der Waals surface area contributed by atoms with Crippen molar-refractivity contribution in [2.45, 2.75) is 19.3 Å². The maximum Gasteiger partial charge on any atom is 0.212 e. The molecule has 0 spiro atoms. The van der Waals surface area contributed by atoms with E-state index >= 15 is 0 Å². The highest BCUT2D eigenvalue weighted by Gasteiger charge is 2.36. The molecule has 3 heterocycles. The lowest BCUT2D eigenvalue weighted by Gasteiger charge is -2.22. The summed E-state index contributed by atoms with van der Waals surface area (Å²) in [6.45, 7) is 13.3. The van der Waals surface area contributed by atoms with Gasteiger partial charge in [0.1, 0.15) is 6.07 Å². The number of hydrogen-bond donors (Lipinski definition) is 0. The van der Waals surface area contributed by atoms with Crippen LogP contribution in [-0.4, -0.2) is 13.7 Å². The van der Waals surface area contributed by atoms with E-state index in [0.29, 0.717) is 22.6 Å². The first-order valence-corrected chi connectivity index (χ1v) is 21.0. The molecule has 3 aromatic heterocycles. The van der Waals surface area contributed by atoms with E-state index in [2.05, 4.69) is 196 Å². The maximum absolute atomic E-state index is 11.2. The van der Waals surface area contributed by atoms with Crippen molar-refractivity contribution in [3.8, 4) is 34.3 Å². The van der Waals surface area contributed by atoms with Gasteiger partial charge in [-0.2, -0.15) is 5.26 Å². The number of fused-ring (bicyclic) bond motifs is 14. The monoisotopic (exact) mass is 789 g/mol. The Balaban J connectivity index is 1.12. The third kappa shape index (κ3) is 4.44. The standard InChI is InChI=1S/C57H35N5/c1-57(2)45-20-10-6-16-38(45)42-30-44-43-29-36(60-48-21-11-7-17-39(48)40-18-8-12-22-49(40)60)25-27-51(43)62(54(44)31-46(42)57)53-32-47(59-3)55(28-35(53)33-58)61-50-23-13-9-19-41(50)56-37-15-5-4-14-34(37)24-26-52(56)61/h4-32H,1-2H3. The molecule has 1 aliphatic carbocycles. The number of hydrogen-bond acceptors (Lipinski definition) is 1. The number of para-hydroxylation sites is 3. The van der Waals surface area contributed by atoms with Crippen LogP contribution in [-0.2, 0) is 5.41 Å². The Bertz CT molecular complexity index is 3990. The molecule has 5 nitrogen and oxygen atoms in total. The van der Waals surface area contributed by atoms with Gasteiger partial charge in [0.2, 0.25) is 5.69 Å². The van der Waals surface area contributed by atoms with Crippen molar-refractivity contribution in [1.82, 2.24) is 13.7 Å². The first-order chi connectivity index (χ1) is 30.4. The molecule has 288 valence electrons. The third-order valence-corrected chi connectivity index (χ3v) is 13.7. The van der Waals surface area contributed by atoms with Gasteiger partial charge in [0.05, 0.1) is 56.6 Å². The van der Waals surface area contributed by atoms with E-state index in [1.807, 2.05) is 18.2 Å². The van der Waals surface area contributed by atoms with Gasteiger partial charge in [-0.15, -0.1) is 0 Å². The molecule has 9 aromatic carbocycles. The first-order valence-electron chi connectivity index (χ1n) is 21.0. The Morgan fingerprint density at radius 3 is 1.81 bits per heavy atom. The molecule has 0 atom stereocenters. The van der Waals surface area contributed by atoms with E-state index in [9.17, 15) is 5.26 Å². The van der Waals surface area contributed by atoms with Crippen LogP contribution in [0.25, 0.3) is 109 Å². The van der Waals surface area contributed by atoms with E-state index < -0.39 is 0 Å². The van der Waals surface area contributed by atoms with Crippen molar-refractivity contribution in [2.75, 3.05) is 0 Å². The van der Waals surface area contributed by atoms with Gasteiger partial charge in [-0.1, -0.05) is 123 Å². The predicted molar refractivity (Wildman–Crippen MR) is 256 cm³/mol. The van der Waals surface area contributed by atoms with Crippen molar-refractivity contribution < 1.29 is 0 Å². The Hall–Kier alpha value is -8.38. The Kier molecular flexibility index (Phi) is 6.86. The summed E-state index contributed by atoms with van der Waals surface area (Å²) in [4.78, 5) is 4.23. The van der Waals surface area contributed by atoms with E-state index in [1.165, 1.54) is 33.0 Å². The SMILES string of the molecule is [C-]#[N+]c1cc(-n2c3ccc(-n4c5ccccc5c5ccccc54)cc3c3cc4c(cc32)C(C)(C)c2ccccc2-4)c(C#N)cc1-n1c2ccccc2c2c3ccccc3ccc21. The summed E-state index contributed by atoms with van der Waals surface area (Å²) >= 11 is 0. The second-order valence-electron chi connectivity index (χ2n) is 17.1. The molecule has 0 saturated carbocycles. The number of benzene rings is 9. The van der Waals surface area contributed by atoms with Crippen LogP contribution in [0.4, 0.5) is 5.69 Å². The van der Waals surface area contributed by atoms with Crippen LogP contribution in [0.15, 0.2) is 176 Å². The smallest absolute Gasteiger partial charge is 0.212 e. The van der Waals surface area contributed by atoms with Gasteiger partial charge >= 0.3 is 0 Å². The zero-order chi connectivity index (χ0) is 41.4. The average molecular weight is 790 g/mol. The summed E-state index contributed by atoms with van der Waals surface area (Å²) in [5.41, 5.74) is 14.5. The average Bonchev–Trinajstić information content (AvgIpc) is 4.01. The van der Waals surface area contributed by atoms with Crippen LogP contribution in [0.5, 0.6) is 0 Å². The maximum atomic E-state index is 11.2. The highest BCUT2D eigenvalue weighted by molar-refractivity contribution is 6.21. The van der Waals surface area contributed by atoms with Crippen LogP contribution in [0.2, 0.25) is 0 Å². The minimum atomic E-state index is -0.236. The Labute approximate surface area is 357 Å². The molecule has 0 radical (unpaired) electrons. The molecular formula is C57H35N5. The summed E-state index contributed by atoms with van der Waals surface area (Å²) in [6, 6.07) is 65.0. The predicted octanol–water partition coefficient (Wildman–Crippen LogP) is 14.9. The van der Waals surface area contributed by atoms with Gasteiger partial charge in [-0.05, 0) is 99.8 Å². The van der Waals surface area contributed by atoms with E-state index in [1.54, 1.807) is 0 Å². The van der Waals surface area contributed by atoms with E-state index in [4.69, 9.17) is 6.57 Å². The Morgan fingerprint density at radius 1 is 0.468 bits per heavy atom. The lowest BCUT2D eigenvalue weighted by Crippen LogP contribution is -2.15. The van der Waals surface area contributed by atoms with Crippen molar-refractivity contribution in [3.63, 3.8) is 0 Å². The van der Waals surface area contributed by atoms with Crippen LogP contribution < -0.4 is 0 Å². The number of aromatic nitrogens is 3. The Morgan fingerprint density at radius 2 is 1.06 bits per heavy atom. The topological polar surface area (TPSA) is 42.9 Å². The number of nitrogens with zero attached hydrogens (tertiary/aromatic N) is 5. The molecular weight excluding hydrogens is 755 g/mol. The molecule has 0 N–H and O–H groups in total. The minimum Gasteiger partial charge on any atom is -0.319 e. The van der Waals surface area contributed by atoms with Gasteiger partial charge in [0, 0.05) is 43.4 Å². The van der Waals surface area contributed by atoms with Crippen LogP contribution >= 0.6 is 0 Å². The molecule has 0 saturated heterocycles. The molecule has 0 aliphatic heterocycles. The van der Waals surface area contributed by atoms with Gasteiger partial charge in [-0.3, -0.25) is 0 Å². The van der Waals surface area contributed by atoms with Gasteiger partial charge in [-0.25, -0.2) is 4.85 Å². The fourth-order valence-electron chi connectivity index (χ4n) is 10.9. The summed E-state index contributed by atoms with van der Waals surface area (Å²) in [5.74, 6) is 0. The molecule has 62 heavy (non-hydrogen) atoms. The highest BCUT2D eigenvalue weighted by atomic mass is 15.0. The lowest BCUT2D eigenvalue weighted by atomic mass is 9.82. The van der Waals surface area contributed by atoms with Gasteiger partial charge in [0.25, 0.3) is 0 Å². The van der Waals surface area contributed by atoms with Crippen LogP contribution in [0.1, 0.15) is 30.5 Å². The number of nitriles is 1. The second kappa shape index (κ2) is 12.3. The zero-order valence-electron chi connectivity index (χ0n) is 34.0. The second-order valence-corrected chi connectivity index (χ2v) is 17.1. The number of rotatable bonds is 3. The molecule has 13 rings (SSSR count). The van der Waals surface area contributed by atoms with Gasteiger partial charge < -0.3 is 13.7 Å². The normalized spacial score (nSPS) is 13.1. The molecule has 12 aromatic rings. The highest BCUT2D eigenvalue weighted by Crippen LogP contribution is 2.52. The van der Waals surface area contributed by atoms with Crippen molar-refractivity contribution in [1.29, 1.82) is 5.26 Å². The molecule has 0 unspecified atom stereocenters. The minimum absolute atomic E-state index is 0.236. The van der Waals surface area contributed by atoms with Crippen molar-refractivity contribution >= 4 is 81.9 Å². The van der Waals surface area contributed by atoms with Gasteiger partial charge in [0.15, 0.2) is 0 Å². The van der Waals surface area contributed by atoms with Crippen molar-refractivity contribution in [3.05, 3.63) is 204 Å². The summed E-state index contributed by atoms with van der Waals surface area (Å²) in [5, 5.41) is 20.3. The molecule has 0 bridgehead atoms. The van der Waals surface area contributed by atoms with E-state index in [0.717, 1.165) is 71.1 Å². The summed E-state index contributed by atoms with van der Waals surface area (Å²) in [7, 11) is 0. The zero-order valence-corrected chi connectivity index (χ0v) is 34.0. The first kappa shape index (κ1) is 34.5. The fraction of sp³-hybridized carbons (Fsp3) is 0.0526. The molecule has 5 heteroatoms. The summed E-state index contributed by atoms with van der Waals surface area (Å²) < 4.78 is 6.77. The lowest BCUT2D eigenvalue weighted by molar-refractivity contribution is 0.661. The van der Waals surface area contributed by atoms with E-state index in [-0.39, 0.29) is 5.41 Å². The molecule has 0 fully saturated rings. The quantitative estimate of drug-likeness (QED) is 0.164. The molecule has 1 aliphatic rings. The van der Waals surface area contributed by atoms with Crippen LogP contribution in [0, 0.1) is 17.9 Å². The summed E-state index contributed by atoms with van der Waals surface area (Å²) in [6.07, 6.45) is 0. The fourth-order valence-corrected chi connectivity index (χ4v) is 10.9.